The molecule has 1 fully saturated rings. The maximum atomic E-state index is 12.7. The summed E-state index contributed by atoms with van der Waals surface area (Å²) in [6, 6.07) is 13.4. The molecule has 0 bridgehead atoms. The summed E-state index contributed by atoms with van der Waals surface area (Å²) in [6.45, 7) is 10.7. The maximum Gasteiger partial charge on any atom is 0.331 e. The van der Waals surface area contributed by atoms with Crippen molar-refractivity contribution in [1.29, 1.82) is 0 Å². The summed E-state index contributed by atoms with van der Waals surface area (Å²) in [7, 11) is 0. The van der Waals surface area contributed by atoms with Crippen molar-refractivity contribution in [2.24, 2.45) is 0 Å². The van der Waals surface area contributed by atoms with E-state index in [4.69, 9.17) is 18.9 Å². The average Bonchev–Trinajstić information content (AvgIpc) is 3.25. The number of carbonyl (C=O) groups is 2. The number of esters is 1. The zero-order valence-electron chi connectivity index (χ0n) is 23.4. The van der Waals surface area contributed by atoms with Crippen LogP contribution in [0.3, 0.4) is 0 Å². The molecule has 10 nitrogen and oxygen atoms in total. The van der Waals surface area contributed by atoms with Crippen LogP contribution in [-0.2, 0) is 19.1 Å². The van der Waals surface area contributed by atoms with Crippen molar-refractivity contribution in [3.05, 3.63) is 65.5 Å². The number of rotatable bonds is 11. The topological polar surface area (TPSA) is 104 Å². The summed E-state index contributed by atoms with van der Waals surface area (Å²) < 4.78 is 24.2. The Kier molecular flexibility index (Phi) is 9.80. The highest BCUT2D eigenvalue weighted by molar-refractivity contribution is 5.96. The summed E-state index contributed by atoms with van der Waals surface area (Å²) in [4.78, 5) is 27.3. The van der Waals surface area contributed by atoms with Crippen molar-refractivity contribution in [1.82, 2.24) is 9.78 Å². The number of hydrogen-bond acceptors (Lipinski definition) is 8. The number of morpholine rings is 1. The molecule has 4 rings (SSSR count). The van der Waals surface area contributed by atoms with E-state index < -0.39 is 18.5 Å². The Balaban J connectivity index is 1.41. The van der Waals surface area contributed by atoms with Gasteiger partial charge in [-0.05, 0) is 45.9 Å². The second kappa shape index (κ2) is 13.7. The minimum Gasteiger partial charge on any atom is -0.492 e. The lowest BCUT2D eigenvalue weighted by molar-refractivity contribution is -0.142. The summed E-state index contributed by atoms with van der Waals surface area (Å²) in [5.74, 6) is 0.0101. The van der Waals surface area contributed by atoms with Gasteiger partial charge in [0.2, 0.25) is 0 Å². The van der Waals surface area contributed by atoms with Gasteiger partial charge in [0, 0.05) is 42.6 Å². The highest BCUT2D eigenvalue weighted by Gasteiger charge is 2.21. The van der Waals surface area contributed by atoms with Gasteiger partial charge in [-0.25, -0.2) is 9.48 Å². The van der Waals surface area contributed by atoms with Crippen LogP contribution in [0.2, 0.25) is 0 Å². The van der Waals surface area contributed by atoms with Gasteiger partial charge < -0.3 is 29.2 Å². The second-order valence-electron chi connectivity index (χ2n) is 9.10. The molecule has 3 aromatic rings. The first kappa shape index (κ1) is 28.7. The molecule has 1 aromatic heterocycles. The Morgan fingerprint density at radius 2 is 1.73 bits per heavy atom. The first-order chi connectivity index (χ1) is 19.4. The monoisotopic (exact) mass is 548 g/mol. The molecule has 1 saturated heterocycles. The van der Waals surface area contributed by atoms with Crippen LogP contribution in [0.15, 0.2) is 48.5 Å². The van der Waals surface area contributed by atoms with Gasteiger partial charge in [-0.3, -0.25) is 4.79 Å². The molecule has 10 heteroatoms. The van der Waals surface area contributed by atoms with E-state index in [9.17, 15) is 9.59 Å². The molecule has 40 heavy (non-hydrogen) atoms. The maximum absolute atomic E-state index is 12.7. The van der Waals surface area contributed by atoms with Crippen molar-refractivity contribution >= 4 is 29.3 Å². The van der Waals surface area contributed by atoms with E-state index in [1.165, 1.54) is 6.08 Å². The summed E-state index contributed by atoms with van der Waals surface area (Å²) in [5.41, 5.74) is 4.73. The molecular weight excluding hydrogens is 512 g/mol. The van der Waals surface area contributed by atoms with E-state index in [2.05, 4.69) is 15.3 Å². The Hall–Kier alpha value is -4.31. The van der Waals surface area contributed by atoms with Crippen molar-refractivity contribution in [2.75, 3.05) is 56.3 Å². The molecule has 0 atom stereocenters. The highest BCUT2D eigenvalue weighted by atomic mass is 16.5. The molecule has 0 saturated carbocycles. The average molecular weight is 549 g/mol. The highest BCUT2D eigenvalue weighted by Crippen LogP contribution is 2.39. The van der Waals surface area contributed by atoms with E-state index in [0.29, 0.717) is 43.6 Å². The molecule has 2 heterocycles. The van der Waals surface area contributed by atoms with Crippen LogP contribution in [0.4, 0.5) is 11.4 Å². The van der Waals surface area contributed by atoms with Crippen LogP contribution in [0.25, 0.3) is 11.8 Å². The molecule has 1 N–H and O–H groups in total. The molecule has 1 aliphatic rings. The van der Waals surface area contributed by atoms with Crippen molar-refractivity contribution in [3.8, 4) is 17.2 Å². The number of nitrogens with zero attached hydrogens (tertiary/aromatic N) is 3. The minimum atomic E-state index is -0.635. The summed E-state index contributed by atoms with van der Waals surface area (Å²) >= 11 is 0. The predicted molar refractivity (Wildman–Crippen MR) is 153 cm³/mol. The van der Waals surface area contributed by atoms with E-state index >= 15 is 0 Å². The Morgan fingerprint density at radius 1 is 1.02 bits per heavy atom. The van der Waals surface area contributed by atoms with Crippen LogP contribution in [0.1, 0.15) is 30.8 Å². The lowest BCUT2D eigenvalue weighted by Gasteiger charge is -2.31. The van der Waals surface area contributed by atoms with Crippen molar-refractivity contribution in [2.45, 2.75) is 27.7 Å². The third-order valence-electron chi connectivity index (χ3n) is 6.37. The van der Waals surface area contributed by atoms with E-state index in [-0.39, 0.29) is 0 Å². The number of nitrogens with one attached hydrogen (secondary N) is 1. The van der Waals surface area contributed by atoms with Crippen LogP contribution < -0.4 is 19.7 Å². The predicted octanol–water partition coefficient (Wildman–Crippen LogP) is 4.32. The van der Waals surface area contributed by atoms with Gasteiger partial charge in [-0.1, -0.05) is 18.2 Å². The Labute approximate surface area is 234 Å². The number of aryl methyl sites for hydroxylation is 1. The number of benzene rings is 2. The SMILES string of the molecule is CCOc1cc(N2CCOCC2)c(OCC)cc1NC(=O)COC(=O)C=Cc1c(C)nn(-c2ccccc2)c1C. The quantitative estimate of drug-likeness (QED) is 0.279. The molecule has 0 aliphatic carbocycles. The fourth-order valence-corrected chi connectivity index (χ4v) is 4.48. The van der Waals surface area contributed by atoms with E-state index in [0.717, 1.165) is 41.4 Å². The molecule has 2 aromatic carbocycles. The second-order valence-corrected chi connectivity index (χ2v) is 9.10. The first-order valence-corrected chi connectivity index (χ1v) is 13.4. The number of carbonyl (C=O) groups excluding carboxylic acids is 2. The third kappa shape index (κ3) is 7.01. The van der Waals surface area contributed by atoms with Gasteiger partial charge in [0.05, 0.1) is 49.2 Å². The number of anilines is 2. The molecule has 212 valence electrons. The van der Waals surface area contributed by atoms with E-state index in [1.807, 2.05) is 68.8 Å². The lowest BCUT2D eigenvalue weighted by Crippen LogP contribution is -2.36. The van der Waals surface area contributed by atoms with E-state index in [1.54, 1.807) is 12.1 Å². The van der Waals surface area contributed by atoms with Gasteiger partial charge in [0.15, 0.2) is 6.61 Å². The normalized spacial score (nSPS) is 13.3. The molecule has 1 amide bonds. The zero-order valence-corrected chi connectivity index (χ0v) is 23.4. The smallest absolute Gasteiger partial charge is 0.331 e. The van der Waals surface area contributed by atoms with Crippen LogP contribution in [0, 0.1) is 13.8 Å². The van der Waals surface area contributed by atoms with Crippen molar-refractivity contribution < 1.29 is 28.5 Å². The molecular formula is C30H36N4O6. The van der Waals surface area contributed by atoms with Crippen LogP contribution in [0.5, 0.6) is 11.5 Å². The summed E-state index contributed by atoms with van der Waals surface area (Å²) in [6.07, 6.45) is 2.96. The number of aromatic nitrogens is 2. The van der Waals surface area contributed by atoms with Crippen LogP contribution >= 0.6 is 0 Å². The number of hydrogen-bond donors (Lipinski definition) is 1. The van der Waals surface area contributed by atoms with Gasteiger partial charge >= 0.3 is 5.97 Å². The molecule has 1 aliphatic heterocycles. The fraction of sp³-hybridized carbons (Fsp3) is 0.367. The largest absolute Gasteiger partial charge is 0.492 e. The summed E-state index contributed by atoms with van der Waals surface area (Å²) in [5, 5.41) is 7.37. The Morgan fingerprint density at radius 3 is 2.42 bits per heavy atom. The van der Waals surface area contributed by atoms with Crippen LogP contribution in [-0.4, -0.2) is 67.8 Å². The standard InChI is InChI=1S/C30H36N4O6/c1-5-38-27-19-26(33-14-16-37-17-15-33)28(39-6-2)18-25(27)31-29(35)20-40-30(36)13-12-24-21(3)32-34(22(24)4)23-10-8-7-9-11-23/h7-13,18-19H,5-6,14-17,20H2,1-4H3,(H,31,35). The number of ether oxygens (including phenoxy) is 4. The molecule has 0 spiro atoms. The number of amides is 1. The van der Waals surface area contributed by atoms with Gasteiger partial charge in [-0.15, -0.1) is 0 Å². The van der Waals surface area contributed by atoms with Gasteiger partial charge in [0.1, 0.15) is 11.5 Å². The van der Waals surface area contributed by atoms with Crippen molar-refractivity contribution in [3.63, 3.8) is 0 Å². The van der Waals surface area contributed by atoms with Gasteiger partial charge in [-0.2, -0.15) is 5.10 Å². The fourth-order valence-electron chi connectivity index (χ4n) is 4.48. The minimum absolute atomic E-state index is 0.416. The Bertz CT molecular complexity index is 1350. The lowest BCUT2D eigenvalue weighted by atomic mass is 10.2. The third-order valence-corrected chi connectivity index (χ3v) is 6.37. The zero-order chi connectivity index (χ0) is 28.5. The molecule has 0 radical (unpaired) electrons. The van der Waals surface area contributed by atoms with Gasteiger partial charge in [0.25, 0.3) is 5.91 Å². The molecule has 0 unspecified atom stereocenters. The first-order valence-electron chi connectivity index (χ1n) is 13.4. The number of para-hydroxylation sites is 1.